The lowest BCUT2D eigenvalue weighted by Gasteiger charge is -2.26. The van der Waals surface area contributed by atoms with Crippen molar-refractivity contribution in [1.29, 1.82) is 0 Å². The number of rotatable bonds is 8. The Morgan fingerprint density at radius 1 is 1.25 bits per heavy atom. The zero-order valence-electron chi connectivity index (χ0n) is 13.9. The van der Waals surface area contributed by atoms with Crippen molar-refractivity contribution < 1.29 is 9.59 Å². The van der Waals surface area contributed by atoms with Crippen LogP contribution in [-0.2, 0) is 9.59 Å². The second-order valence-corrected chi connectivity index (χ2v) is 6.27. The number of carbonyl (C=O) groups excluding carboxylic acids is 2. The highest BCUT2D eigenvalue weighted by Crippen LogP contribution is 2.28. The monoisotopic (exact) mass is 347 g/mol. The highest BCUT2D eigenvalue weighted by atomic mass is 35.5. The van der Waals surface area contributed by atoms with Crippen molar-refractivity contribution >= 4 is 23.3 Å². The van der Waals surface area contributed by atoms with Crippen LogP contribution in [0.1, 0.15) is 44.7 Å². The van der Waals surface area contributed by atoms with E-state index < -0.39 is 0 Å². The number of nitrogens with one attached hydrogen (secondary N) is 1. The summed E-state index contributed by atoms with van der Waals surface area (Å²) in [5.41, 5.74) is 0.902. The van der Waals surface area contributed by atoms with Gasteiger partial charge in [0.25, 0.3) is 0 Å². The van der Waals surface area contributed by atoms with E-state index in [1.54, 1.807) is 10.9 Å². The molecule has 0 bridgehead atoms. The molecule has 0 fully saturated rings. The molecule has 2 atom stereocenters. The first-order chi connectivity index (χ1) is 11.5. The Kier molecular flexibility index (Phi) is 6.55. The minimum Gasteiger partial charge on any atom is -0.351 e. The number of carbonyl (C=O) groups is 2. The fourth-order valence-electron chi connectivity index (χ4n) is 2.70. The zero-order valence-corrected chi connectivity index (χ0v) is 14.7. The number of Topliss-reactive ketones (excluding diaryl/α,β-unsaturated/α-hetero) is 1. The zero-order chi connectivity index (χ0) is 17.5. The largest absolute Gasteiger partial charge is 0.351 e. The molecule has 5 nitrogen and oxygen atoms in total. The second-order valence-electron chi connectivity index (χ2n) is 5.86. The minimum atomic E-state index is -0.203. The maximum atomic E-state index is 12.1. The van der Waals surface area contributed by atoms with E-state index in [1.807, 2.05) is 43.5 Å². The van der Waals surface area contributed by atoms with E-state index in [9.17, 15) is 9.59 Å². The normalized spacial score (nSPS) is 13.3. The molecule has 2 rings (SSSR count). The second kappa shape index (κ2) is 8.64. The molecular formula is C18H22ClN3O2. The number of benzene rings is 1. The fourth-order valence-corrected chi connectivity index (χ4v) is 2.95. The van der Waals surface area contributed by atoms with Gasteiger partial charge in [-0.3, -0.25) is 9.48 Å². The van der Waals surface area contributed by atoms with Crippen LogP contribution in [0.4, 0.5) is 0 Å². The molecule has 0 spiro atoms. The summed E-state index contributed by atoms with van der Waals surface area (Å²) in [7, 11) is 0. The Morgan fingerprint density at radius 3 is 2.62 bits per heavy atom. The molecule has 1 heterocycles. The number of amides is 1. The van der Waals surface area contributed by atoms with Crippen molar-refractivity contribution in [3.8, 4) is 0 Å². The molecule has 1 aromatic heterocycles. The van der Waals surface area contributed by atoms with Crippen LogP contribution in [0.5, 0.6) is 0 Å². The molecule has 0 unspecified atom stereocenters. The molecular weight excluding hydrogens is 326 g/mol. The molecule has 0 aliphatic carbocycles. The molecule has 24 heavy (non-hydrogen) atoms. The van der Waals surface area contributed by atoms with E-state index in [-0.39, 0.29) is 23.8 Å². The standard InChI is InChI=1S/C18H22ClN3O2/c1-13(23)7-5-10-17(24)21-14(2)18(22-12-6-11-20-22)15-8-3-4-9-16(15)19/h3-4,6,8-9,11-12,14,18H,5,7,10H2,1-2H3,(H,21,24)/t14-,18+/m0/s1. The van der Waals surface area contributed by atoms with Gasteiger partial charge in [-0.25, -0.2) is 0 Å². The van der Waals surface area contributed by atoms with E-state index in [4.69, 9.17) is 11.6 Å². The van der Waals surface area contributed by atoms with Crippen LogP contribution in [0.2, 0.25) is 5.02 Å². The minimum absolute atomic E-state index is 0.0760. The summed E-state index contributed by atoms with van der Waals surface area (Å²) in [6, 6.07) is 8.99. The number of aromatic nitrogens is 2. The Morgan fingerprint density at radius 2 is 2.00 bits per heavy atom. The van der Waals surface area contributed by atoms with Gasteiger partial charge in [0.05, 0.1) is 12.1 Å². The van der Waals surface area contributed by atoms with Crippen molar-refractivity contribution in [3.63, 3.8) is 0 Å². The molecule has 2 aromatic rings. The number of nitrogens with zero attached hydrogens (tertiary/aromatic N) is 2. The van der Waals surface area contributed by atoms with Crippen LogP contribution in [0.15, 0.2) is 42.7 Å². The van der Waals surface area contributed by atoms with Gasteiger partial charge in [0.15, 0.2) is 0 Å². The fraction of sp³-hybridized carbons (Fsp3) is 0.389. The lowest BCUT2D eigenvalue weighted by Crippen LogP contribution is -2.40. The summed E-state index contributed by atoms with van der Waals surface area (Å²) in [6.07, 6.45) is 4.87. The summed E-state index contributed by atoms with van der Waals surface area (Å²) in [4.78, 5) is 23.1. The van der Waals surface area contributed by atoms with Gasteiger partial charge in [-0.15, -0.1) is 0 Å². The lowest BCUT2D eigenvalue weighted by molar-refractivity contribution is -0.122. The van der Waals surface area contributed by atoms with E-state index in [0.717, 1.165) is 5.56 Å². The quantitative estimate of drug-likeness (QED) is 0.796. The summed E-state index contributed by atoms with van der Waals surface area (Å²) in [5.74, 6) is 0.0225. The Hall–Kier alpha value is -2.14. The summed E-state index contributed by atoms with van der Waals surface area (Å²) >= 11 is 6.34. The summed E-state index contributed by atoms with van der Waals surface area (Å²) in [5, 5.41) is 7.94. The predicted octanol–water partition coefficient (Wildman–Crippen LogP) is 3.39. The van der Waals surface area contributed by atoms with Crippen LogP contribution in [0, 0.1) is 0 Å². The van der Waals surface area contributed by atoms with Crippen LogP contribution >= 0.6 is 11.6 Å². The average Bonchev–Trinajstić information content (AvgIpc) is 3.03. The van der Waals surface area contributed by atoms with Crippen molar-refractivity contribution in [2.75, 3.05) is 0 Å². The van der Waals surface area contributed by atoms with E-state index >= 15 is 0 Å². The molecule has 0 radical (unpaired) electrons. The Balaban J connectivity index is 2.12. The third-order valence-electron chi connectivity index (χ3n) is 3.83. The first-order valence-electron chi connectivity index (χ1n) is 8.01. The molecule has 0 saturated heterocycles. The van der Waals surface area contributed by atoms with E-state index in [2.05, 4.69) is 10.4 Å². The van der Waals surface area contributed by atoms with Gasteiger partial charge in [-0.1, -0.05) is 29.8 Å². The maximum absolute atomic E-state index is 12.1. The highest BCUT2D eigenvalue weighted by Gasteiger charge is 2.25. The lowest BCUT2D eigenvalue weighted by atomic mass is 10.00. The van der Waals surface area contributed by atoms with Crippen molar-refractivity contribution in [3.05, 3.63) is 53.3 Å². The molecule has 6 heteroatoms. The molecule has 0 aliphatic heterocycles. The van der Waals surface area contributed by atoms with Crippen LogP contribution < -0.4 is 5.32 Å². The summed E-state index contributed by atoms with van der Waals surface area (Å²) in [6.45, 7) is 3.46. The van der Waals surface area contributed by atoms with Crippen LogP contribution in [-0.4, -0.2) is 27.5 Å². The van der Waals surface area contributed by atoms with E-state index in [0.29, 0.717) is 24.3 Å². The Labute approximate surface area is 147 Å². The number of hydrogen-bond acceptors (Lipinski definition) is 3. The average molecular weight is 348 g/mol. The van der Waals surface area contributed by atoms with Gasteiger partial charge >= 0.3 is 0 Å². The van der Waals surface area contributed by atoms with Crippen LogP contribution in [0.3, 0.4) is 0 Å². The molecule has 0 saturated carbocycles. The van der Waals surface area contributed by atoms with Crippen molar-refractivity contribution in [2.45, 2.75) is 45.2 Å². The smallest absolute Gasteiger partial charge is 0.220 e. The first-order valence-corrected chi connectivity index (χ1v) is 8.39. The molecule has 0 aliphatic rings. The highest BCUT2D eigenvalue weighted by molar-refractivity contribution is 6.31. The number of ketones is 1. The first kappa shape index (κ1) is 18.2. The van der Waals surface area contributed by atoms with Crippen LogP contribution in [0.25, 0.3) is 0 Å². The van der Waals surface area contributed by atoms with E-state index in [1.165, 1.54) is 6.92 Å². The third-order valence-corrected chi connectivity index (χ3v) is 4.17. The van der Waals surface area contributed by atoms with Crippen molar-refractivity contribution in [2.24, 2.45) is 0 Å². The van der Waals surface area contributed by atoms with Crippen molar-refractivity contribution in [1.82, 2.24) is 15.1 Å². The maximum Gasteiger partial charge on any atom is 0.220 e. The molecule has 128 valence electrons. The topological polar surface area (TPSA) is 64.0 Å². The third kappa shape index (κ3) is 4.93. The van der Waals surface area contributed by atoms with Gasteiger partial charge < -0.3 is 10.1 Å². The number of hydrogen-bond donors (Lipinski definition) is 1. The van der Waals surface area contributed by atoms with Gasteiger partial charge in [-0.05, 0) is 38.0 Å². The van der Waals surface area contributed by atoms with Gasteiger partial charge in [-0.2, -0.15) is 5.10 Å². The Bertz CT molecular complexity index is 685. The van der Waals surface area contributed by atoms with Gasteiger partial charge in [0, 0.05) is 30.3 Å². The summed E-state index contributed by atoms with van der Waals surface area (Å²) < 4.78 is 1.79. The number of halogens is 1. The molecule has 1 N–H and O–H groups in total. The SMILES string of the molecule is CC(=O)CCCC(=O)N[C@@H](C)[C@H](c1ccccc1Cl)n1cccn1. The van der Waals surface area contributed by atoms with Gasteiger partial charge in [0.2, 0.25) is 5.91 Å². The molecule has 1 amide bonds. The predicted molar refractivity (Wildman–Crippen MR) is 94.0 cm³/mol. The van der Waals surface area contributed by atoms with Gasteiger partial charge in [0.1, 0.15) is 5.78 Å². The molecule has 1 aromatic carbocycles.